The Morgan fingerprint density at radius 3 is 2.63 bits per heavy atom. The van der Waals surface area contributed by atoms with Crippen molar-refractivity contribution in [3.05, 3.63) is 51.1 Å². The van der Waals surface area contributed by atoms with Crippen LogP contribution in [0.3, 0.4) is 0 Å². The first-order chi connectivity index (χ1) is 9.24. The van der Waals surface area contributed by atoms with Crippen molar-refractivity contribution >= 4 is 33.2 Å². The minimum absolute atomic E-state index is 0.221. The summed E-state index contributed by atoms with van der Waals surface area (Å²) >= 11 is 4.90. The molecule has 1 heterocycles. The largest absolute Gasteiger partial charge is 0.490 e. The Bertz CT molecular complexity index is 508. The quantitative estimate of drug-likeness (QED) is 0.594. The van der Waals surface area contributed by atoms with E-state index in [0.717, 1.165) is 15.1 Å². The van der Waals surface area contributed by atoms with Crippen LogP contribution < -0.4 is 4.74 Å². The highest BCUT2D eigenvalue weighted by atomic mass is 79.9. The third-order valence-corrected chi connectivity index (χ3v) is 3.73. The Morgan fingerprint density at radius 1 is 1.16 bits per heavy atom. The maximum absolute atomic E-state index is 11.5. The summed E-state index contributed by atoms with van der Waals surface area (Å²) in [6.07, 6.45) is 0.329. The molecule has 0 N–H and O–H groups in total. The number of carbonyl (C=O) groups excluding carboxylic acids is 1. The summed E-state index contributed by atoms with van der Waals surface area (Å²) in [5, 5.41) is 1.94. The standard InChI is InChI=1S/C14H13BrO3S/c15-11-3-5-12(6-4-11)17-7-8-18-14(16)10-13-2-1-9-19-13/h1-6,9H,7-8,10H2. The van der Waals surface area contributed by atoms with Crippen molar-refractivity contribution < 1.29 is 14.3 Å². The monoisotopic (exact) mass is 340 g/mol. The second-order valence-corrected chi connectivity index (χ2v) is 5.73. The van der Waals surface area contributed by atoms with E-state index in [1.165, 1.54) is 0 Å². The van der Waals surface area contributed by atoms with Gasteiger partial charge in [-0.1, -0.05) is 22.0 Å². The molecule has 0 saturated carbocycles. The Hall–Kier alpha value is -1.33. The predicted octanol–water partition coefficient (Wildman–Crippen LogP) is 3.68. The zero-order chi connectivity index (χ0) is 13.5. The number of rotatable bonds is 6. The molecule has 0 fully saturated rings. The summed E-state index contributed by atoms with van der Waals surface area (Å²) in [4.78, 5) is 12.5. The van der Waals surface area contributed by atoms with Crippen LogP contribution in [0, 0.1) is 0 Å². The molecule has 5 heteroatoms. The van der Waals surface area contributed by atoms with Gasteiger partial charge in [-0.05, 0) is 35.7 Å². The maximum atomic E-state index is 11.5. The average molecular weight is 341 g/mol. The van der Waals surface area contributed by atoms with E-state index in [9.17, 15) is 4.79 Å². The summed E-state index contributed by atoms with van der Waals surface area (Å²) in [5.41, 5.74) is 0. The van der Waals surface area contributed by atoms with Crippen molar-refractivity contribution in [2.45, 2.75) is 6.42 Å². The molecular weight excluding hydrogens is 328 g/mol. The molecule has 0 spiro atoms. The van der Waals surface area contributed by atoms with Crippen LogP contribution in [-0.2, 0) is 16.0 Å². The number of thiophene rings is 1. The first kappa shape index (κ1) is 14.1. The highest BCUT2D eigenvalue weighted by Crippen LogP contribution is 2.16. The highest BCUT2D eigenvalue weighted by Gasteiger charge is 2.05. The Kier molecular flexibility index (Phi) is 5.42. The third kappa shape index (κ3) is 5.04. The van der Waals surface area contributed by atoms with Gasteiger partial charge in [0.1, 0.15) is 19.0 Å². The summed E-state index contributed by atoms with van der Waals surface area (Å²) in [7, 11) is 0. The molecule has 0 aliphatic carbocycles. The predicted molar refractivity (Wildman–Crippen MR) is 78.6 cm³/mol. The zero-order valence-corrected chi connectivity index (χ0v) is 12.6. The van der Waals surface area contributed by atoms with Gasteiger partial charge < -0.3 is 9.47 Å². The molecule has 100 valence electrons. The molecule has 1 aromatic carbocycles. The smallest absolute Gasteiger partial charge is 0.311 e. The number of halogens is 1. The Labute approximate surface area is 124 Å². The molecule has 0 unspecified atom stereocenters. The number of esters is 1. The fourth-order valence-corrected chi connectivity index (χ4v) is 2.41. The van der Waals surface area contributed by atoms with Gasteiger partial charge in [0.2, 0.25) is 0 Å². The van der Waals surface area contributed by atoms with Crippen molar-refractivity contribution in [2.24, 2.45) is 0 Å². The van der Waals surface area contributed by atoms with Gasteiger partial charge in [-0.2, -0.15) is 0 Å². The van der Waals surface area contributed by atoms with E-state index in [2.05, 4.69) is 15.9 Å². The second kappa shape index (κ2) is 7.31. The number of hydrogen-bond acceptors (Lipinski definition) is 4. The van der Waals surface area contributed by atoms with E-state index in [0.29, 0.717) is 13.0 Å². The molecule has 0 aliphatic rings. The molecule has 0 bridgehead atoms. The van der Waals surface area contributed by atoms with Crippen molar-refractivity contribution in [3.8, 4) is 5.75 Å². The normalized spacial score (nSPS) is 10.2. The average Bonchev–Trinajstić information content (AvgIpc) is 2.89. The molecule has 0 amide bonds. The van der Waals surface area contributed by atoms with Crippen LogP contribution in [0.4, 0.5) is 0 Å². The Balaban J connectivity index is 1.64. The van der Waals surface area contributed by atoms with Crippen LogP contribution in [0.25, 0.3) is 0 Å². The van der Waals surface area contributed by atoms with Gasteiger partial charge in [-0.15, -0.1) is 11.3 Å². The van der Waals surface area contributed by atoms with Gasteiger partial charge in [-0.25, -0.2) is 0 Å². The molecule has 0 saturated heterocycles. The molecule has 0 aliphatic heterocycles. The summed E-state index contributed by atoms with van der Waals surface area (Å²) < 4.78 is 11.5. The van der Waals surface area contributed by atoms with Crippen molar-refractivity contribution in [1.29, 1.82) is 0 Å². The van der Waals surface area contributed by atoms with Crippen molar-refractivity contribution in [3.63, 3.8) is 0 Å². The van der Waals surface area contributed by atoms with E-state index in [-0.39, 0.29) is 12.6 Å². The zero-order valence-electron chi connectivity index (χ0n) is 10.2. The van der Waals surface area contributed by atoms with Gasteiger partial charge in [0.25, 0.3) is 0 Å². The minimum Gasteiger partial charge on any atom is -0.490 e. The summed E-state index contributed by atoms with van der Waals surface area (Å²) in [5.74, 6) is 0.541. The van der Waals surface area contributed by atoms with Crippen LogP contribution in [0.1, 0.15) is 4.88 Å². The SMILES string of the molecule is O=C(Cc1cccs1)OCCOc1ccc(Br)cc1. The fraction of sp³-hybridized carbons (Fsp3) is 0.214. The lowest BCUT2D eigenvalue weighted by molar-refractivity contribution is -0.143. The number of ether oxygens (including phenoxy) is 2. The Morgan fingerprint density at radius 2 is 1.95 bits per heavy atom. The van der Waals surface area contributed by atoms with Gasteiger partial charge >= 0.3 is 5.97 Å². The molecule has 1 aromatic heterocycles. The van der Waals surface area contributed by atoms with Gasteiger partial charge in [0.05, 0.1) is 6.42 Å². The number of carbonyl (C=O) groups is 1. The first-order valence-corrected chi connectivity index (χ1v) is 7.47. The molecular formula is C14H13BrO3S. The maximum Gasteiger partial charge on any atom is 0.311 e. The first-order valence-electron chi connectivity index (χ1n) is 5.80. The molecule has 2 aromatic rings. The fourth-order valence-electron chi connectivity index (χ4n) is 1.45. The topological polar surface area (TPSA) is 35.5 Å². The van der Waals surface area contributed by atoms with E-state index in [1.54, 1.807) is 11.3 Å². The highest BCUT2D eigenvalue weighted by molar-refractivity contribution is 9.10. The molecule has 2 rings (SSSR count). The summed E-state index contributed by atoms with van der Waals surface area (Å²) in [6, 6.07) is 11.4. The molecule has 0 radical (unpaired) electrons. The van der Waals surface area contributed by atoms with E-state index < -0.39 is 0 Å². The van der Waals surface area contributed by atoms with Gasteiger partial charge in [-0.3, -0.25) is 4.79 Å². The van der Waals surface area contributed by atoms with Crippen LogP contribution in [0.15, 0.2) is 46.3 Å². The van der Waals surface area contributed by atoms with Crippen molar-refractivity contribution in [1.82, 2.24) is 0 Å². The second-order valence-electron chi connectivity index (χ2n) is 3.78. The van der Waals surface area contributed by atoms with E-state index >= 15 is 0 Å². The van der Waals surface area contributed by atoms with E-state index in [4.69, 9.17) is 9.47 Å². The van der Waals surface area contributed by atoms with Crippen LogP contribution in [0.2, 0.25) is 0 Å². The molecule has 19 heavy (non-hydrogen) atoms. The van der Waals surface area contributed by atoms with Gasteiger partial charge in [0.15, 0.2) is 0 Å². The van der Waals surface area contributed by atoms with Gasteiger partial charge in [0, 0.05) is 9.35 Å². The molecule has 0 atom stereocenters. The van der Waals surface area contributed by atoms with Crippen LogP contribution in [-0.4, -0.2) is 19.2 Å². The van der Waals surface area contributed by atoms with Crippen LogP contribution in [0.5, 0.6) is 5.75 Å². The minimum atomic E-state index is -0.221. The lowest BCUT2D eigenvalue weighted by Gasteiger charge is -2.07. The van der Waals surface area contributed by atoms with Crippen LogP contribution >= 0.6 is 27.3 Å². The third-order valence-electron chi connectivity index (χ3n) is 2.33. The number of hydrogen-bond donors (Lipinski definition) is 0. The number of benzene rings is 1. The lowest BCUT2D eigenvalue weighted by atomic mass is 10.3. The van der Waals surface area contributed by atoms with E-state index in [1.807, 2.05) is 41.8 Å². The lowest BCUT2D eigenvalue weighted by Crippen LogP contribution is -2.13. The van der Waals surface area contributed by atoms with Crippen molar-refractivity contribution in [2.75, 3.05) is 13.2 Å². The molecule has 3 nitrogen and oxygen atoms in total. The summed E-state index contributed by atoms with van der Waals surface area (Å²) in [6.45, 7) is 0.623.